The van der Waals surface area contributed by atoms with Crippen molar-refractivity contribution < 1.29 is 144 Å². The number of methoxy groups -OCH3 is 1. The Labute approximate surface area is 540 Å². The fourth-order valence-corrected chi connectivity index (χ4v) is 18.3. The number of esters is 2. The molecule has 6 heterocycles. The van der Waals surface area contributed by atoms with Crippen molar-refractivity contribution in [1.82, 2.24) is 0 Å². The number of carbonyl (C=O) groups is 2. The van der Waals surface area contributed by atoms with Crippen molar-refractivity contribution in [3.05, 3.63) is 23.8 Å². The highest BCUT2D eigenvalue weighted by Crippen LogP contribution is 2.77. The van der Waals surface area contributed by atoms with Gasteiger partial charge in [0.05, 0.1) is 55.6 Å². The van der Waals surface area contributed by atoms with Crippen LogP contribution in [0.15, 0.2) is 23.8 Å². The monoisotopic (exact) mass is 1350 g/mol. The van der Waals surface area contributed by atoms with Gasteiger partial charge in [-0.2, -0.15) is 8.42 Å². The average Bonchev–Trinajstić information content (AvgIpc) is 1.52. The molecule has 6 aliphatic heterocycles. The van der Waals surface area contributed by atoms with Crippen LogP contribution < -0.4 is 0 Å². The van der Waals surface area contributed by atoms with E-state index in [9.17, 15) is 73.6 Å². The van der Waals surface area contributed by atoms with Crippen LogP contribution in [-0.4, -0.2) is 275 Å². The van der Waals surface area contributed by atoms with Crippen LogP contribution in [-0.2, 0) is 90.5 Å². The molecule has 0 aromatic carbocycles. The molecular formula is C62H98O30S. The summed E-state index contributed by atoms with van der Waals surface area (Å²) in [5.41, 5.74) is -3.34. The minimum atomic E-state index is -5.27. The van der Waals surface area contributed by atoms with Crippen molar-refractivity contribution >= 4 is 22.3 Å². The summed E-state index contributed by atoms with van der Waals surface area (Å²) in [5.74, 6) is -1.35. The summed E-state index contributed by atoms with van der Waals surface area (Å²) in [5, 5.41) is 112. The zero-order valence-electron chi connectivity index (χ0n) is 54.4. The van der Waals surface area contributed by atoms with Gasteiger partial charge in [0.2, 0.25) is 0 Å². The lowest BCUT2D eigenvalue weighted by atomic mass is 9.41. The molecule has 31 heteroatoms. The maximum atomic E-state index is 14.9. The number of hydrogen-bond acceptors (Lipinski definition) is 29. The Balaban J connectivity index is 0.914. The van der Waals surface area contributed by atoms with Crippen LogP contribution in [0.25, 0.3) is 0 Å². The summed E-state index contributed by atoms with van der Waals surface area (Å²) in [6, 6.07) is 0. The van der Waals surface area contributed by atoms with E-state index in [-0.39, 0.29) is 24.4 Å². The Bertz CT molecular complexity index is 2810. The van der Waals surface area contributed by atoms with Gasteiger partial charge in [-0.15, -0.1) is 0 Å². The molecule has 10 aliphatic rings. The van der Waals surface area contributed by atoms with Crippen molar-refractivity contribution in [2.24, 2.45) is 39.4 Å². The summed E-state index contributed by atoms with van der Waals surface area (Å²) in [4.78, 5) is 27.8. The molecule has 10 rings (SSSR count). The normalized spacial score (nSPS) is 49.2. The van der Waals surface area contributed by atoms with Gasteiger partial charge >= 0.3 is 22.3 Å². The van der Waals surface area contributed by atoms with Crippen LogP contribution in [0.2, 0.25) is 0 Å². The summed E-state index contributed by atoms with van der Waals surface area (Å²) in [6.45, 7) is 17.0. The van der Waals surface area contributed by atoms with Crippen molar-refractivity contribution in [2.75, 3.05) is 40.1 Å². The van der Waals surface area contributed by atoms with Gasteiger partial charge in [0, 0.05) is 32.5 Å². The highest BCUT2D eigenvalue weighted by atomic mass is 32.3. The van der Waals surface area contributed by atoms with E-state index >= 15 is 0 Å². The van der Waals surface area contributed by atoms with E-state index in [0.717, 1.165) is 5.57 Å². The molecule has 93 heavy (non-hydrogen) atoms. The highest BCUT2D eigenvalue weighted by molar-refractivity contribution is 7.80. The van der Waals surface area contributed by atoms with Gasteiger partial charge in [0.1, 0.15) is 109 Å². The Morgan fingerprint density at radius 3 is 2.00 bits per heavy atom. The first-order valence-corrected chi connectivity index (χ1v) is 33.7. The third kappa shape index (κ3) is 13.4. The molecule has 6 saturated heterocycles. The first-order chi connectivity index (χ1) is 43.5. The molecule has 0 bridgehead atoms. The topological polar surface area (TPSA) is 429 Å². The second-order valence-electron chi connectivity index (χ2n) is 28.8. The number of allylic oxidation sites excluding steroid dienone is 2. The molecule has 1 spiro atoms. The number of aliphatic hydroxyl groups excluding tert-OH is 10. The summed E-state index contributed by atoms with van der Waals surface area (Å²) in [7, 11) is -4.05. The predicted molar refractivity (Wildman–Crippen MR) is 313 cm³/mol. The SMILES string of the molecule is CCOC(C)(C)C=CCC1(C)OC(=O)C23CCC4C(=CCC5C(C)(C)C(OC6OCC(OS(=O)(=O)O)C(O)C6OC6OC(C)C(OC7OC(CO)C(O)C(OC8OCC(O)C(OC)C8O)C7O)C(O)C6OC6OCC(O)C(O)C6O)CCC45C)C2(C)CC(OC(C)=O)C13. The van der Waals surface area contributed by atoms with E-state index in [0.29, 0.717) is 51.6 Å². The average molecular weight is 1360 g/mol. The van der Waals surface area contributed by atoms with Gasteiger partial charge in [-0.05, 0) is 95.8 Å². The molecule has 3 saturated carbocycles. The van der Waals surface area contributed by atoms with Crippen LogP contribution >= 0.6 is 0 Å². The Morgan fingerprint density at radius 1 is 0.720 bits per heavy atom. The Kier molecular flexibility index (Phi) is 21.6. The zero-order chi connectivity index (χ0) is 68.0. The highest BCUT2D eigenvalue weighted by Gasteiger charge is 2.79. The van der Waals surface area contributed by atoms with Gasteiger partial charge in [0.15, 0.2) is 31.5 Å². The van der Waals surface area contributed by atoms with Crippen molar-refractivity contribution in [3.8, 4) is 0 Å². The largest absolute Gasteiger partial charge is 0.462 e. The standard InChI is InChI=1S/C62H98O30S/c1-12-82-57(4,5)18-13-19-61(10)50-33(84-28(3)64)22-60(9)30-14-15-36-58(6,7)37(17-20-59(36,8)29(30)16-21-62(50,60)56(74)91-61)86-54-48(40(69)35(26-81-54)92-93(75,76)77)90-55-49(89-51-41(70)38(67)31(65)24-79-51)42(71)45(27(2)83-55)87-53-44(73)47(39(68)34(23-63)85-53)88-52-43(72)46(78-11)32(66)25-80-52/h13-14,18,27,29,31-55,63,65-73H,12,15-17,19-26H2,1-11H3,(H,75,76,77). The van der Waals surface area contributed by atoms with Crippen molar-refractivity contribution in [1.29, 1.82) is 0 Å². The fraction of sp³-hybridized carbons (Fsp3) is 0.903. The molecule has 30 nitrogen and oxygen atoms in total. The zero-order valence-corrected chi connectivity index (χ0v) is 55.2. The molecule has 31 atom stereocenters. The number of rotatable bonds is 20. The van der Waals surface area contributed by atoms with Crippen LogP contribution in [0.3, 0.4) is 0 Å². The Hall–Kier alpha value is -2.59. The first-order valence-electron chi connectivity index (χ1n) is 32.3. The molecule has 9 fully saturated rings. The van der Waals surface area contributed by atoms with Gasteiger partial charge in [0.25, 0.3) is 0 Å². The van der Waals surface area contributed by atoms with E-state index < -0.39 is 222 Å². The molecule has 4 aliphatic carbocycles. The van der Waals surface area contributed by atoms with E-state index in [1.165, 1.54) is 21.0 Å². The minimum absolute atomic E-state index is 0.0363. The third-order valence-corrected chi connectivity index (χ3v) is 22.7. The predicted octanol–water partition coefficient (Wildman–Crippen LogP) is -0.902. The second-order valence-corrected chi connectivity index (χ2v) is 29.8. The molecular weight excluding hydrogens is 1260 g/mol. The van der Waals surface area contributed by atoms with Crippen LogP contribution in [0.5, 0.6) is 0 Å². The molecule has 0 radical (unpaired) electrons. The van der Waals surface area contributed by atoms with Crippen LogP contribution in [0.1, 0.15) is 114 Å². The lowest BCUT2D eigenvalue weighted by Gasteiger charge is -2.64. The molecule has 0 amide bonds. The number of aliphatic hydroxyl groups is 10. The lowest BCUT2D eigenvalue weighted by Crippen LogP contribution is -2.67. The van der Waals surface area contributed by atoms with Crippen LogP contribution in [0, 0.1) is 39.4 Å². The second kappa shape index (κ2) is 27.5. The van der Waals surface area contributed by atoms with E-state index in [1.807, 2.05) is 39.8 Å². The maximum Gasteiger partial charge on any atom is 0.397 e. The van der Waals surface area contributed by atoms with Crippen molar-refractivity contribution in [2.45, 2.75) is 273 Å². The van der Waals surface area contributed by atoms with Gasteiger partial charge in [-0.1, -0.05) is 51.5 Å². The fourth-order valence-electron chi connectivity index (χ4n) is 17.8. The number of cyclic esters (lactones) is 1. The molecule has 11 N–H and O–H groups in total. The van der Waals surface area contributed by atoms with E-state index in [4.69, 9.17) is 70.5 Å². The van der Waals surface area contributed by atoms with Crippen LogP contribution in [0.4, 0.5) is 0 Å². The summed E-state index contributed by atoms with van der Waals surface area (Å²) >= 11 is 0. The van der Waals surface area contributed by atoms with Gasteiger partial charge in [-0.3, -0.25) is 14.1 Å². The van der Waals surface area contributed by atoms with Crippen molar-refractivity contribution in [3.63, 3.8) is 0 Å². The number of carbonyl (C=O) groups excluding carboxylic acids is 2. The number of ether oxygens (including phenoxy) is 14. The smallest absolute Gasteiger partial charge is 0.397 e. The summed E-state index contributed by atoms with van der Waals surface area (Å²) in [6.07, 6.45) is -30.0. The van der Waals surface area contributed by atoms with Gasteiger partial charge < -0.3 is 117 Å². The minimum Gasteiger partial charge on any atom is -0.462 e. The lowest BCUT2D eigenvalue weighted by molar-refractivity contribution is -0.402. The van der Waals surface area contributed by atoms with E-state index in [1.54, 1.807) is 0 Å². The molecule has 0 aromatic rings. The first kappa shape index (κ1) is 73.1. The molecule has 31 unspecified atom stereocenters. The molecule has 0 aromatic heterocycles. The van der Waals surface area contributed by atoms with E-state index in [2.05, 4.69) is 33.8 Å². The number of hydrogen-bond donors (Lipinski definition) is 11. The maximum absolute atomic E-state index is 14.9. The third-order valence-electron chi connectivity index (χ3n) is 22.2. The quantitative estimate of drug-likeness (QED) is 0.0400. The molecule has 532 valence electrons. The van der Waals surface area contributed by atoms with Gasteiger partial charge in [-0.25, -0.2) is 4.18 Å². The number of fused-ring (bicyclic) bond motifs is 4. The summed E-state index contributed by atoms with van der Waals surface area (Å²) < 4.78 is 124. The Morgan fingerprint density at radius 2 is 1.34 bits per heavy atom.